The van der Waals surface area contributed by atoms with E-state index in [1.165, 1.54) is 0 Å². The minimum Gasteiger partial charge on any atom is -0.484 e. The molecule has 1 N–H and O–H groups in total. The molecule has 0 atom stereocenters. The van der Waals surface area contributed by atoms with Crippen molar-refractivity contribution in [1.29, 1.82) is 0 Å². The number of nitrogens with one attached hydrogen (secondary N) is 1. The molecule has 0 radical (unpaired) electrons. The molecule has 2 aliphatic rings. The number of benzene rings is 2. The molecule has 7 heteroatoms. The number of piperidine rings is 1. The van der Waals surface area contributed by atoms with E-state index in [-0.39, 0.29) is 31.3 Å². The van der Waals surface area contributed by atoms with Gasteiger partial charge in [-0.2, -0.15) is 0 Å². The highest BCUT2D eigenvalue weighted by Crippen LogP contribution is 2.33. The molecule has 4 rings (SSSR count). The van der Waals surface area contributed by atoms with Gasteiger partial charge < -0.3 is 24.4 Å². The van der Waals surface area contributed by atoms with E-state index in [4.69, 9.17) is 14.2 Å². The van der Waals surface area contributed by atoms with E-state index < -0.39 is 0 Å². The summed E-state index contributed by atoms with van der Waals surface area (Å²) in [5.41, 5.74) is 0.586. The summed E-state index contributed by atoms with van der Waals surface area (Å²) in [5.74, 6) is 1.75. The van der Waals surface area contributed by atoms with E-state index in [0.717, 1.165) is 0 Å². The average molecular weight is 382 g/mol. The summed E-state index contributed by atoms with van der Waals surface area (Å²) in [6.07, 6.45) is 1.43. The van der Waals surface area contributed by atoms with Crippen LogP contribution in [0.4, 0.5) is 0 Å². The van der Waals surface area contributed by atoms with Gasteiger partial charge in [-0.3, -0.25) is 9.59 Å². The number of ether oxygens (including phenoxy) is 3. The third-order valence-electron chi connectivity index (χ3n) is 4.88. The summed E-state index contributed by atoms with van der Waals surface area (Å²) in [7, 11) is 0. The minimum absolute atomic E-state index is 0.0135. The van der Waals surface area contributed by atoms with Gasteiger partial charge in [0.15, 0.2) is 18.1 Å². The van der Waals surface area contributed by atoms with Gasteiger partial charge in [-0.05, 0) is 43.2 Å². The molecule has 0 bridgehead atoms. The first-order chi connectivity index (χ1) is 13.7. The molecule has 0 spiro atoms. The Kier molecular flexibility index (Phi) is 5.32. The Hall–Kier alpha value is -3.22. The largest absolute Gasteiger partial charge is 0.484 e. The Labute approximate surface area is 163 Å². The van der Waals surface area contributed by atoms with Crippen LogP contribution in [0, 0.1) is 0 Å². The summed E-state index contributed by atoms with van der Waals surface area (Å²) in [6.45, 7) is 1.36. The van der Waals surface area contributed by atoms with Crippen LogP contribution in [0.3, 0.4) is 0 Å². The number of carbonyl (C=O) groups is 2. The lowest BCUT2D eigenvalue weighted by Crippen LogP contribution is -2.47. The molecule has 28 heavy (non-hydrogen) atoms. The van der Waals surface area contributed by atoms with E-state index in [1.54, 1.807) is 23.1 Å². The van der Waals surface area contributed by atoms with Crippen LogP contribution in [0.15, 0.2) is 48.5 Å². The van der Waals surface area contributed by atoms with Gasteiger partial charge in [0.1, 0.15) is 5.75 Å². The van der Waals surface area contributed by atoms with Gasteiger partial charge in [0.2, 0.25) is 6.79 Å². The summed E-state index contributed by atoms with van der Waals surface area (Å²) in [5, 5.41) is 2.98. The number of amides is 2. The van der Waals surface area contributed by atoms with Crippen molar-refractivity contribution in [1.82, 2.24) is 10.2 Å². The molecule has 146 valence electrons. The second kappa shape index (κ2) is 8.21. The standard InChI is InChI=1S/C21H22N2O5/c24-20(13-26-17-4-2-1-3-5-17)22-16-8-10-23(11-9-16)21(25)15-6-7-18-19(12-15)28-14-27-18/h1-7,12,16H,8-11,13-14H2,(H,22,24). The Bertz CT molecular complexity index is 847. The zero-order valence-corrected chi connectivity index (χ0v) is 15.4. The molecule has 0 saturated carbocycles. The zero-order valence-electron chi connectivity index (χ0n) is 15.4. The quantitative estimate of drug-likeness (QED) is 0.858. The number of rotatable bonds is 5. The highest BCUT2D eigenvalue weighted by Gasteiger charge is 2.26. The molecule has 0 aromatic heterocycles. The number of hydrogen-bond acceptors (Lipinski definition) is 5. The smallest absolute Gasteiger partial charge is 0.258 e. The second-order valence-electron chi connectivity index (χ2n) is 6.80. The highest BCUT2D eigenvalue weighted by molar-refractivity contribution is 5.95. The minimum atomic E-state index is -0.149. The van der Waals surface area contributed by atoms with Crippen molar-refractivity contribution in [2.45, 2.75) is 18.9 Å². The maximum Gasteiger partial charge on any atom is 0.258 e. The van der Waals surface area contributed by atoms with Gasteiger partial charge >= 0.3 is 0 Å². The Morgan fingerprint density at radius 3 is 2.57 bits per heavy atom. The van der Waals surface area contributed by atoms with Crippen molar-refractivity contribution < 1.29 is 23.8 Å². The van der Waals surface area contributed by atoms with Crippen molar-refractivity contribution in [2.75, 3.05) is 26.5 Å². The summed E-state index contributed by atoms with van der Waals surface area (Å²) in [4.78, 5) is 26.6. The Balaban J connectivity index is 1.24. The lowest BCUT2D eigenvalue weighted by atomic mass is 10.0. The van der Waals surface area contributed by atoms with E-state index in [0.29, 0.717) is 48.7 Å². The molecule has 2 aromatic carbocycles. The zero-order chi connectivity index (χ0) is 19.3. The summed E-state index contributed by atoms with van der Waals surface area (Å²) in [6, 6.07) is 14.5. The van der Waals surface area contributed by atoms with Crippen molar-refractivity contribution in [3.63, 3.8) is 0 Å². The van der Waals surface area contributed by atoms with Gasteiger partial charge in [0.25, 0.3) is 11.8 Å². The van der Waals surface area contributed by atoms with Gasteiger partial charge in [-0.15, -0.1) is 0 Å². The number of fused-ring (bicyclic) bond motifs is 1. The number of carbonyl (C=O) groups excluding carboxylic acids is 2. The number of hydrogen-bond donors (Lipinski definition) is 1. The Morgan fingerprint density at radius 1 is 1.04 bits per heavy atom. The van der Waals surface area contributed by atoms with Crippen LogP contribution in [0.1, 0.15) is 23.2 Å². The Morgan fingerprint density at radius 2 is 1.79 bits per heavy atom. The monoisotopic (exact) mass is 382 g/mol. The lowest BCUT2D eigenvalue weighted by molar-refractivity contribution is -0.124. The maximum absolute atomic E-state index is 12.7. The SMILES string of the molecule is O=C(COc1ccccc1)NC1CCN(C(=O)c2ccc3c(c2)OCO3)CC1. The normalized spacial score (nSPS) is 15.9. The summed E-state index contributed by atoms with van der Waals surface area (Å²) < 4.78 is 16.1. The molecule has 2 amide bonds. The lowest BCUT2D eigenvalue weighted by Gasteiger charge is -2.32. The van der Waals surface area contributed by atoms with E-state index >= 15 is 0 Å². The molecule has 0 aliphatic carbocycles. The van der Waals surface area contributed by atoms with Gasteiger partial charge in [-0.1, -0.05) is 18.2 Å². The van der Waals surface area contributed by atoms with Crippen molar-refractivity contribution in [2.24, 2.45) is 0 Å². The fourth-order valence-corrected chi connectivity index (χ4v) is 3.37. The first-order valence-electron chi connectivity index (χ1n) is 9.35. The number of para-hydroxylation sites is 1. The van der Waals surface area contributed by atoms with E-state index in [9.17, 15) is 9.59 Å². The maximum atomic E-state index is 12.7. The molecular formula is C21H22N2O5. The number of likely N-dealkylation sites (tertiary alicyclic amines) is 1. The summed E-state index contributed by atoms with van der Waals surface area (Å²) >= 11 is 0. The predicted octanol–water partition coefficient (Wildman–Crippen LogP) is 2.22. The molecule has 1 fully saturated rings. The van der Waals surface area contributed by atoms with Crippen LogP contribution in [-0.2, 0) is 4.79 Å². The molecular weight excluding hydrogens is 360 g/mol. The first kappa shape index (κ1) is 18.2. The van der Waals surface area contributed by atoms with Crippen LogP contribution in [0.5, 0.6) is 17.2 Å². The predicted molar refractivity (Wildman–Crippen MR) is 102 cm³/mol. The van der Waals surface area contributed by atoms with Crippen LogP contribution in [0.25, 0.3) is 0 Å². The topological polar surface area (TPSA) is 77.1 Å². The molecule has 2 heterocycles. The van der Waals surface area contributed by atoms with E-state index in [1.807, 2.05) is 30.3 Å². The third-order valence-corrected chi connectivity index (χ3v) is 4.88. The molecule has 2 aromatic rings. The average Bonchev–Trinajstić information content (AvgIpc) is 3.21. The van der Waals surface area contributed by atoms with Crippen molar-refractivity contribution in [3.8, 4) is 17.2 Å². The number of nitrogens with zero attached hydrogens (tertiary/aromatic N) is 1. The van der Waals surface area contributed by atoms with Crippen LogP contribution >= 0.6 is 0 Å². The van der Waals surface area contributed by atoms with Crippen LogP contribution < -0.4 is 19.5 Å². The van der Waals surface area contributed by atoms with Crippen molar-refractivity contribution >= 4 is 11.8 Å². The molecule has 0 unspecified atom stereocenters. The molecule has 1 saturated heterocycles. The fourth-order valence-electron chi connectivity index (χ4n) is 3.37. The fraction of sp³-hybridized carbons (Fsp3) is 0.333. The molecule has 2 aliphatic heterocycles. The van der Waals surface area contributed by atoms with Gasteiger partial charge in [-0.25, -0.2) is 0 Å². The third kappa shape index (κ3) is 4.19. The first-order valence-corrected chi connectivity index (χ1v) is 9.35. The second-order valence-corrected chi connectivity index (χ2v) is 6.80. The van der Waals surface area contributed by atoms with Crippen LogP contribution in [-0.4, -0.2) is 49.2 Å². The van der Waals surface area contributed by atoms with Crippen LogP contribution in [0.2, 0.25) is 0 Å². The van der Waals surface area contributed by atoms with Crippen molar-refractivity contribution in [3.05, 3.63) is 54.1 Å². The van der Waals surface area contributed by atoms with Gasteiger partial charge in [0, 0.05) is 24.7 Å². The molecule has 7 nitrogen and oxygen atoms in total. The van der Waals surface area contributed by atoms with Gasteiger partial charge in [0.05, 0.1) is 0 Å². The van der Waals surface area contributed by atoms with E-state index in [2.05, 4.69) is 5.32 Å². The highest BCUT2D eigenvalue weighted by atomic mass is 16.7.